The average molecular weight is 280 g/mol. The minimum atomic E-state index is 0.851. The molecule has 118 valence electrons. The molecule has 0 saturated carbocycles. The van der Waals surface area contributed by atoms with Gasteiger partial charge < -0.3 is 5.73 Å². The molecule has 0 unspecified atom stereocenters. The molecule has 0 rings (SSSR count). The van der Waals surface area contributed by atoms with E-state index in [4.69, 9.17) is 5.73 Å². The Labute approximate surface area is 128 Å². The third-order valence-electron chi connectivity index (χ3n) is 3.79. The Balaban J connectivity index is 3.06. The predicted molar refractivity (Wildman–Crippen MR) is 91.8 cm³/mol. The summed E-state index contributed by atoms with van der Waals surface area (Å²) in [5, 5.41) is 0. The maximum Gasteiger partial charge on any atom is 0.00886 e. The molecule has 0 bridgehead atoms. The second-order valence-electron chi connectivity index (χ2n) is 5.88. The first kappa shape index (κ1) is 19.5. The van der Waals surface area contributed by atoms with Crippen LogP contribution in [-0.2, 0) is 0 Å². The lowest BCUT2D eigenvalue weighted by Gasteiger charge is -1.98. The Bertz CT molecular complexity index is 202. The van der Waals surface area contributed by atoms with Crippen molar-refractivity contribution in [2.75, 3.05) is 6.54 Å². The third kappa shape index (κ3) is 17.5. The molecule has 0 atom stereocenters. The van der Waals surface area contributed by atoms with E-state index >= 15 is 0 Å². The summed E-state index contributed by atoms with van der Waals surface area (Å²) in [6.45, 7) is 3.12. The Kier molecular flexibility index (Phi) is 18.1. The monoisotopic (exact) mass is 279 g/mol. The highest BCUT2D eigenvalue weighted by Gasteiger charge is 1.90. The van der Waals surface area contributed by atoms with Crippen LogP contribution in [0.4, 0.5) is 0 Å². The van der Waals surface area contributed by atoms with Crippen LogP contribution in [0.5, 0.6) is 0 Å². The van der Waals surface area contributed by atoms with Gasteiger partial charge in [0.1, 0.15) is 0 Å². The minimum absolute atomic E-state index is 0.851. The molecule has 1 nitrogen and oxygen atoms in total. The first-order valence-electron chi connectivity index (χ1n) is 9.07. The van der Waals surface area contributed by atoms with Gasteiger partial charge in [-0.05, 0) is 25.8 Å². The van der Waals surface area contributed by atoms with Crippen molar-refractivity contribution in [2.24, 2.45) is 5.73 Å². The van der Waals surface area contributed by atoms with Crippen molar-refractivity contribution in [2.45, 2.75) is 103 Å². The zero-order chi connectivity index (χ0) is 14.7. The Hall–Kier alpha value is -0.480. The summed E-state index contributed by atoms with van der Waals surface area (Å²) in [5.74, 6) is 6.66. The second kappa shape index (κ2) is 18.5. The van der Waals surface area contributed by atoms with Crippen LogP contribution in [0.2, 0.25) is 0 Å². The molecule has 1 heteroatoms. The van der Waals surface area contributed by atoms with Crippen LogP contribution in [0.25, 0.3) is 0 Å². The third-order valence-corrected chi connectivity index (χ3v) is 3.79. The molecule has 0 aliphatic carbocycles. The van der Waals surface area contributed by atoms with Crippen molar-refractivity contribution >= 4 is 0 Å². The number of hydrogen-bond acceptors (Lipinski definition) is 1. The fourth-order valence-electron chi connectivity index (χ4n) is 2.41. The molecule has 0 amide bonds. The van der Waals surface area contributed by atoms with Crippen LogP contribution in [0.3, 0.4) is 0 Å². The average Bonchev–Trinajstić information content (AvgIpc) is 2.47. The zero-order valence-corrected chi connectivity index (χ0v) is 13.9. The summed E-state index contributed by atoms with van der Waals surface area (Å²) < 4.78 is 0. The van der Waals surface area contributed by atoms with Gasteiger partial charge in [-0.15, -0.1) is 11.8 Å². The van der Waals surface area contributed by atoms with Crippen LogP contribution < -0.4 is 5.73 Å². The normalized spacial score (nSPS) is 10.3. The van der Waals surface area contributed by atoms with Crippen molar-refractivity contribution in [3.8, 4) is 11.8 Å². The topological polar surface area (TPSA) is 26.0 Å². The van der Waals surface area contributed by atoms with Crippen LogP contribution >= 0.6 is 0 Å². The highest BCUT2D eigenvalue weighted by molar-refractivity contribution is 4.98. The van der Waals surface area contributed by atoms with Gasteiger partial charge in [0.2, 0.25) is 0 Å². The molecular weight excluding hydrogens is 242 g/mol. The van der Waals surface area contributed by atoms with Gasteiger partial charge in [-0.25, -0.2) is 0 Å². The van der Waals surface area contributed by atoms with Crippen molar-refractivity contribution in [1.82, 2.24) is 0 Å². The SMILES string of the molecule is CCCCCCCCCC#CCCCCCCCCN. The van der Waals surface area contributed by atoms with E-state index < -0.39 is 0 Å². The Morgan fingerprint density at radius 1 is 0.550 bits per heavy atom. The second-order valence-corrected chi connectivity index (χ2v) is 5.88. The number of nitrogens with two attached hydrogens (primary N) is 1. The highest BCUT2D eigenvalue weighted by atomic mass is 14.5. The first-order valence-corrected chi connectivity index (χ1v) is 9.07. The lowest BCUT2D eigenvalue weighted by atomic mass is 10.1. The standard InChI is InChI=1S/C19H37N/c1-2-3-4-5-6-7-8-9-10-11-12-13-14-15-16-17-18-19-20/h2-9,12-20H2,1H3. The van der Waals surface area contributed by atoms with Crippen molar-refractivity contribution in [1.29, 1.82) is 0 Å². The first-order chi connectivity index (χ1) is 9.91. The van der Waals surface area contributed by atoms with E-state index in [1.807, 2.05) is 0 Å². The Morgan fingerprint density at radius 3 is 1.40 bits per heavy atom. The van der Waals surface area contributed by atoms with Gasteiger partial charge in [-0.2, -0.15) is 0 Å². The quantitative estimate of drug-likeness (QED) is 0.315. The van der Waals surface area contributed by atoms with E-state index in [1.54, 1.807) is 0 Å². The fourth-order valence-corrected chi connectivity index (χ4v) is 2.41. The summed E-state index contributed by atoms with van der Waals surface area (Å²) in [6, 6.07) is 0. The molecule has 0 heterocycles. The smallest absolute Gasteiger partial charge is 0.00886 e. The molecule has 2 N–H and O–H groups in total. The van der Waals surface area contributed by atoms with Crippen LogP contribution in [0, 0.1) is 11.8 Å². The lowest BCUT2D eigenvalue weighted by Crippen LogP contribution is -1.97. The zero-order valence-electron chi connectivity index (χ0n) is 13.9. The summed E-state index contributed by atoms with van der Waals surface area (Å²) in [4.78, 5) is 0. The molecule has 0 aliphatic rings. The summed E-state index contributed by atoms with van der Waals surface area (Å²) in [7, 11) is 0. The summed E-state index contributed by atoms with van der Waals surface area (Å²) >= 11 is 0. The van der Waals surface area contributed by atoms with E-state index in [1.165, 1.54) is 83.5 Å². The highest BCUT2D eigenvalue weighted by Crippen LogP contribution is 2.08. The van der Waals surface area contributed by atoms with Gasteiger partial charge in [0, 0.05) is 12.8 Å². The number of hydrogen-bond donors (Lipinski definition) is 1. The van der Waals surface area contributed by atoms with Gasteiger partial charge >= 0.3 is 0 Å². The molecular formula is C19H37N. The van der Waals surface area contributed by atoms with Crippen molar-refractivity contribution in [3.05, 3.63) is 0 Å². The van der Waals surface area contributed by atoms with Gasteiger partial charge in [-0.3, -0.25) is 0 Å². The largest absolute Gasteiger partial charge is 0.330 e. The molecule has 0 aromatic rings. The Morgan fingerprint density at radius 2 is 0.950 bits per heavy atom. The van der Waals surface area contributed by atoms with Crippen molar-refractivity contribution in [3.63, 3.8) is 0 Å². The van der Waals surface area contributed by atoms with E-state index in [0.29, 0.717) is 0 Å². The van der Waals surface area contributed by atoms with E-state index in [9.17, 15) is 0 Å². The lowest BCUT2D eigenvalue weighted by molar-refractivity contribution is 0.593. The fraction of sp³-hybridized carbons (Fsp3) is 0.895. The molecule has 0 aromatic carbocycles. The van der Waals surface area contributed by atoms with E-state index in [0.717, 1.165) is 19.4 Å². The summed E-state index contributed by atoms with van der Waals surface area (Å²) in [5.41, 5.74) is 5.47. The maximum absolute atomic E-state index is 5.47. The van der Waals surface area contributed by atoms with Crippen molar-refractivity contribution < 1.29 is 0 Å². The van der Waals surface area contributed by atoms with Gasteiger partial charge in [0.05, 0.1) is 0 Å². The van der Waals surface area contributed by atoms with Crippen LogP contribution in [0.1, 0.15) is 103 Å². The molecule has 20 heavy (non-hydrogen) atoms. The van der Waals surface area contributed by atoms with Gasteiger partial charge in [-0.1, -0.05) is 71.1 Å². The van der Waals surface area contributed by atoms with Gasteiger partial charge in [0.15, 0.2) is 0 Å². The minimum Gasteiger partial charge on any atom is -0.330 e. The molecule has 0 aromatic heterocycles. The molecule has 0 radical (unpaired) electrons. The number of rotatable bonds is 14. The molecule has 0 saturated heterocycles. The summed E-state index contributed by atoms with van der Waals surface area (Å²) in [6.07, 6.45) is 19.7. The number of unbranched alkanes of at least 4 members (excludes halogenated alkanes) is 13. The van der Waals surface area contributed by atoms with E-state index in [-0.39, 0.29) is 0 Å². The predicted octanol–water partition coefficient (Wildman–Crippen LogP) is 5.82. The molecule has 0 fully saturated rings. The molecule has 0 spiro atoms. The van der Waals surface area contributed by atoms with Crippen LogP contribution in [-0.4, -0.2) is 6.54 Å². The van der Waals surface area contributed by atoms with Gasteiger partial charge in [0.25, 0.3) is 0 Å². The van der Waals surface area contributed by atoms with E-state index in [2.05, 4.69) is 18.8 Å². The maximum atomic E-state index is 5.47. The van der Waals surface area contributed by atoms with Crippen LogP contribution in [0.15, 0.2) is 0 Å². The molecule has 0 aliphatic heterocycles.